The highest BCUT2D eigenvalue weighted by atomic mass is 16.2. The number of carbonyl (C=O) groups excluding carboxylic acids is 1. The van der Waals surface area contributed by atoms with Crippen LogP contribution in [0.25, 0.3) is 16.6 Å². The molecular weight excluding hydrogens is 318 g/mol. The van der Waals surface area contributed by atoms with E-state index in [4.69, 9.17) is 0 Å². The first-order valence-corrected chi connectivity index (χ1v) is 7.60. The zero-order valence-corrected chi connectivity index (χ0v) is 13.0. The minimum Gasteiger partial charge on any atom is -0.321 e. The van der Waals surface area contributed by atoms with Crippen LogP contribution in [0.2, 0.25) is 0 Å². The predicted molar refractivity (Wildman–Crippen MR) is 93.9 cm³/mol. The largest absolute Gasteiger partial charge is 0.321 e. The van der Waals surface area contributed by atoms with E-state index in [1.165, 1.54) is 6.33 Å². The third-order valence-electron chi connectivity index (χ3n) is 3.74. The molecule has 2 N–H and O–H groups in total. The van der Waals surface area contributed by atoms with Crippen molar-refractivity contribution in [3.63, 3.8) is 0 Å². The summed E-state index contributed by atoms with van der Waals surface area (Å²) in [6.45, 7) is 0. The van der Waals surface area contributed by atoms with Gasteiger partial charge in [-0.15, -0.1) is 0 Å². The van der Waals surface area contributed by atoms with Gasteiger partial charge in [0.05, 0.1) is 22.9 Å². The van der Waals surface area contributed by atoms with Crippen molar-refractivity contribution in [3.05, 3.63) is 83.2 Å². The molecule has 0 fully saturated rings. The molecule has 122 valence electrons. The van der Waals surface area contributed by atoms with Crippen LogP contribution in [0.3, 0.4) is 0 Å². The maximum absolute atomic E-state index is 12.4. The van der Waals surface area contributed by atoms with Crippen molar-refractivity contribution in [2.75, 3.05) is 5.32 Å². The first-order valence-electron chi connectivity index (χ1n) is 7.60. The number of anilines is 1. The summed E-state index contributed by atoms with van der Waals surface area (Å²) in [4.78, 5) is 30.8. The van der Waals surface area contributed by atoms with Crippen molar-refractivity contribution in [3.8, 4) is 5.69 Å². The third kappa shape index (κ3) is 2.90. The Hall–Kier alpha value is -3.74. The molecule has 0 aliphatic heterocycles. The number of H-pyrrole nitrogens is 1. The summed E-state index contributed by atoms with van der Waals surface area (Å²) in [7, 11) is 0. The molecule has 0 atom stereocenters. The van der Waals surface area contributed by atoms with Crippen molar-refractivity contribution in [2.45, 2.75) is 0 Å². The number of para-hydroxylation sites is 1. The number of nitrogens with one attached hydrogen (secondary N) is 2. The van der Waals surface area contributed by atoms with Crippen molar-refractivity contribution >= 4 is 22.5 Å². The minimum absolute atomic E-state index is 0.255. The average Bonchev–Trinajstić information content (AvgIpc) is 3.13. The lowest BCUT2D eigenvalue weighted by Gasteiger charge is -2.04. The second-order valence-corrected chi connectivity index (χ2v) is 5.40. The fraction of sp³-hybridized carbons (Fsp3) is 0. The fourth-order valence-electron chi connectivity index (χ4n) is 2.51. The molecule has 25 heavy (non-hydrogen) atoms. The Bertz CT molecular complexity index is 1110. The van der Waals surface area contributed by atoms with Crippen LogP contribution in [-0.2, 0) is 0 Å². The number of carbonyl (C=O) groups is 1. The molecule has 2 aromatic carbocycles. The molecule has 0 radical (unpaired) electrons. The van der Waals surface area contributed by atoms with Crippen LogP contribution in [0.1, 0.15) is 10.5 Å². The number of fused-ring (bicyclic) bond motifs is 1. The van der Waals surface area contributed by atoms with E-state index in [1.807, 2.05) is 30.3 Å². The molecule has 0 bridgehead atoms. The molecule has 0 saturated carbocycles. The Morgan fingerprint density at radius 2 is 1.92 bits per heavy atom. The smallest absolute Gasteiger partial charge is 0.276 e. The van der Waals surface area contributed by atoms with Gasteiger partial charge < -0.3 is 10.3 Å². The van der Waals surface area contributed by atoms with Gasteiger partial charge in [-0.3, -0.25) is 9.59 Å². The first kappa shape index (κ1) is 14.8. The normalized spacial score (nSPS) is 10.7. The number of amides is 1. The summed E-state index contributed by atoms with van der Waals surface area (Å²) in [6.07, 6.45) is 3.07. The Balaban J connectivity index is 1.59. The highest BCUT2D eigenvalue weighted by Crippen LogP contribution is 2.15. The lowest BCUT2D eigenvalue weighted by atomic mass is 10.2. The Kier molecular flexibility index (Phi) is 3.59. The van der Waals surface area contributed by atoms with E-state index in [1.54, 1.807) is 35.1 Å². The molecule has 0 aliphatic rings. The van der Waals surface area contributed by atoms with Crippen molar-refractivity contribution in [2.24, 2.45) is 0 Å². The van der Waals surface area contributed by atoms with Crippen LogP contribution in [0.5, 0.6) is 0 Å². The van der Waals surface area contributed by atoms with E-state index < -0.39 is 0 Å². The van der Waals surface area contributed by atoms with E-state index >= 15 is 0 Å². The van der Waals surface area contributed by atoms with Crippen LogP contribution in [0, 0.1) is 0 Å². The zero-order chi connectivity index (χ0) is 17.2. The van der Waals surface area contributed by atoms with Crippen LogP contribution >= 0.6 is 0 Å². The SMILES string of the molecule is O=C(Nc1ccc2nc[nH]c(=O)c2c1)c1ccn(-c2ccccc2)n1. The molecule has 2 aromatic heterocycles. The highest BCUT2D eigenvalue weighted by Gasteiger charge is 2.11. The molecule has 2 heterocycles. The Labute approximate surface area is 142 Å². The summed E-state index contributed by atoms with van der Waals surface area (Å²) >= 11 is 0. The van der Waals surface area contributed by atoms with Crippen LogP contribution in [0.4, 0.5) is 5.69 Å². The lowest BCUT2D eigenvalue weighted by molar-refractivity contribution is 0.102. The standard InChI is InChI=1S/C18H13N5O2/c24-17-14-10-12(6-7-15(14)19-11-20-17)21-18(25)16-8-9-23(22-16)13-4-2-1-3-5-13/h1-11H,(H,21,25)(H,19,20,24). The quantitative estimate of drug-likeness (QED) is 0.603. The zero-order valence-electron chi connectivity index (χ0n) is 13.0. The lowest BCUT2D eigenvalue weighted by Crippen LogP contribution is -2.14. The molecule has 4 rings (SSSR count). The van der Waals surface area contributed by atoms with Crippen molar-refractivity contribution in [1.82, 2.24) is 19.7 Å². The van der Waals surface area contributed by atoms with Gasteiger partial charge in [-0.25, -0.2) is 9.67 Å². The predicted octanol–water partition coefficient (Wildman–Crippen LogP) is 2.36. The monoisotopic (exact) mass is 331 g/mol. The molecule has 4 aromatic rings. The number of hydrogen-bond donors (Lipinski definition) is 2. The van der Waals surface area contributed by atoms with Crippen molar-refractivity contribution in [1.29, 1.82) is 0 Å². The van der Waals surface area contributed by atoms with Crippen LogP contribution < -0.4 is 10.9 Å². The molecule has 0 aliphatic carbocycles. The number of aromatic amines is 1. The van der Waals surface area contributed by atoms with Gasteiger partial charge in [0.1, 0.15) is 0 Å². The molecule has 7 heteroatoms. The van der Waals surface area contributed by atoms with Gasteiger partial charge in [0, 0.05) is 11.9 Å². The van der Waals surface area contributed by atoms with E-state index in [0.29, 0.717) is 16.6 Å². The summed E-state index contributed by atoms with van der Waals surface area (Å²) in [5, 5.41) is 7.44. The maximum atomic E-state index is 12.4. The Morgan fingerprint density at radius 3 is 2.76 bits per heavy atom. The number of aromatic nitrogens is 4. The second kappa shape index (κ2) is 6.04. The third-order valence-corrected chi connectivity index (χ3v) is 3.74. The number of benzene rings is 2. The van der Waals surface area contributed by atoms with E-state index in [0.717, 1.165) is 5.69 Å². The van der Waals surface area contributed by atoms with Gasteiger partial charge in [-0.1, -0.05) is 18.2 Å². The van der Waals surface area contributed by atoms with Gasteiger partial charge in [-0.05, 0) is 36.4 Å². The van der Waals surface area contributed by atoms with Gasteiger partial charge in [0.2, 0.25) is 0 Å². The highest BCUT2D eigenvalue weighted by molar-refractivity contribution is 6.03. The summed E-state index contributed by atoms with van der Waals surface area (Å²) in [5.41, 5.74) is 1.96. The van der Waals surface area contributed by atoms with Gasteiger partial charge in [-0.2, -0.15) is 5.10 Å². The number of rotatable bonds is 3. The van der Waals surface area contributed by atoms with Crippen LogP contribution in [0.15, 0.2) is 71.9 Å². The molecule has 1 amide bonds. The van der Waals surface area contributed by atoms with E-state index in [9.17, 15) is 9.59 Å². The Morgan fingerprint density at radius 1 is 1.08 bits per heavy atom. The molecule has 0 saturated heterocycles. The van der Waals surface area contributed by atoms with Gasteiger partial charge in [0.15, 0.2) is 5.69 Å². The minimum atomic E-state index is -0.352. The molecule has 0 spiro atoms. The molecule has 0 unspecified atom stereocenters. The van der Waals surface area contributed by atoms with Crippen LogP contribution in [-0.4, -0.2) is 25.7 Å². The number of hydrogen-bond acceptors (Lipinski definition) is 4. The topological polar surface area (TPSA) is 92.7 Å². The van der Waals surface area contributed by atoms with E-state index in [-0.39, 0.29) is 17.2 Å². The van der Waals surface area contributed by atoms with Crippen molar-refractivity contribution < 1.29 is 4.79 Å². The van der Waals surface area contributed by atoms with Gasteiger partial charge in [0.25, 0.3) is 11.5 Å². The second-order valence-electron chi connectivity index (χ2n) is 5.40. The fourth-order valence-corrected chi connectivity index (χ4v) is 2.51. The first-order chi connectivity index (χ1) is 12.2. The molecular formula is C18H13N5O2. The van der Waals surface area contributed by atoms with E-state index in [2.05, 4.69) is 20.4 Å². The van der Waals surface area contributed by atoms with Gasteiger partial charge >= 0.3 is 0 Å². The molecule has 7 nitrogen and oxygen atoms in total. The summed E-state index contributed by atoms with van der Waals surface area (Å²) in [6, 6.07) is 16.1. The maximum Gasteiger partial charge on any atom is 0.276 e. The summed E-state index contributed by atoms with van der Waals surface area (Å²) < 4.78 is 1.63. The average molecular weight is 331 g/mol. The summed E-state index contributed by atoms with van der Waals surface area (Å²) in [5.74, 6) is -0.352. The number of nitrogens with zero attached hydrogens (tertiary/aromatic N) is 3.